The van der Waals surface area contributed by atoms with Crippen molar-refractivity contribution in [3.05, 3.63) is 39.0 Å². The first-order valence-corrected chi connectivity index (χ1v) is 8.49. The molecule has 0 bridgehead atoms. The van der Waals surface area contributed by atoms with Crippen LogP contribution in [0.4, 0.5) is 17.2 Å². The van der Waals surface area contributed by atoms with E-state index >= 15 is 0 Å². The van der Waals surface area contributed by atoms with Gasteiger partial charge in [-0.1, -0.05) is 16.8 Å². The van der Waals surface area contributed by atoms with E-state index in [0.29, 0.717) is 23.8 Å². The Balaban J connectivity index is 1.85. The lowest BCUT2D eigenvalue weighted by atomic mass is 10.1. The largest absolute Gasteiger partial charge is 0.409 e. The van der Waals surface area contributed by atoms with Crippen molar-refractivity contribution in [2.24, 2.45) is 5.16 Å². The average Bonchev–Trinajstić information content (AvgIpc) is 3.03. The van der Waals surface area contributed by atoms with Crippen LogP contribution in [-0.2, 0) is 0 Å². The molecule has 1 aromatic heterocycles. The van der Waals surface area contributed by atoms with E-state index in [-0.39, 0.29) is 35.1 Å². The van der Waals surface area contributed by atoms with Gasteiger partial charge in [-0.2, -0.15) is 0 Å². The first-order chi connectivity index (χ1) is 12.8. The number of rotatable bonds is 3. The Labute approximate surface area is 159 Å². The Kier molecular flexibility index (Phi) is 5.04. The van der Waals surface area contributed by atoms with Crippen molar-refractivity contribution in [2.75, 3.05) is 23.7 Å². The number of amidine groups is 1. The summed E-state index contributed by atoms with van der Waals surface area (Å²) in [7, 11) is 0. The van der Waals surface area contributed by atoms with Crippen molar-refractivity contribution in [3.63, 3.8) is 0 Å². The summed E-state index contributed by atoms with van der Waals surface area (Å²) in [5, 5.41) is 31.3. The Bertz CT molecular complexity index is 875. The fraction of sp³-hybridized carbons (Fsp3) is 0.400. The molecule has 2 heterocycles. The van der Waals surface area contributed by atoms with E-state index in [9.17, 15) is 15.3 Å². The lowest BCUT2D eigenvalue weighted by Gasteiger charge is -2.46. The van der Waals surface area contributed by atoms with Gasteiger partial charge in [-0.15, -0.1) is 0 Å². The molecule has 2 aromatic rings. The van der Waals surface area contributed by atoms with E-state index in [1.54, 1.807) is 6.07 Å². The van der Waals surface area contributed by atoms with Crippen LogP contribution in [0.3, 0.4) is 0 Å². The van der Waals surface area contributed by atoms with Crippen molar-refractivity contribution >= 4 is 34.6 Å². The summed E-state index contributed by atoms with van der Waals surface area (Å²) in [4.78, 5) is 14.3. The van der Waals surface area contributed by atoms with Gasteiger partial charge in [-0.25, -0.2) is 4.63 Å². The molecule has 1 aromatic carbocycles. The molecule has 1 fully saturated rings. The van der Waals surface area contributed by atoms with Gasteiger partial charge in [0.05, 0.1) is 15.6 Å². The molecule has 12 heteroatoms. The van der Waals surface area contributed by atoms with Crippen LogP contribution in [0.25, 0.3) is 0 Å². The highest BCUT2D eigenvalue weighted by Crippen LogP contribution is 2.32. The zero-order valence-electron chi connectivity index (χ0n) is 14.6. The van der Waals surface area contributed by atoms with Crippen molar-refractivity contribution < 1.29 is 14.8 Å². The molecule has 0 aliphatic carbocycles. The van der Waals surface area contributed by atoms with E-state index in [0.717, 1.165) is 0 Å². The van der Waals surface area contributed by atoms with Crippen LogP contribution in [0.2, 0.25) is 5.02 Å². The minimum atomic E-state index is -0.487. The van der Waals surface area contributed by atoms with Crippen molar-refractivity contribution in [1.29, 1.82) is 0 Å². The monoisotopic (exact) mass is 395 g/mol. The molecule has 3 N–H and O–H groups in total. The summed E-state index contributed by atoms with van der Waals surface area (Å²) in [6, 6.07) is 4.17. The van der Waals surface area contributed by atoms with Crippen LogP contribution >= 0.6 is 11.6 Å². The molecule has 1 aliphatic rings. The molecule has 2 atom stereocenters. The van der Waals surface area contributed by atoms with Gasteiger partial charge < -0.3 is 20.7 Å². The number of hydrogen-bond acceptors (Lipinski definition) is 9. The van der Waals surface area contributed by atoms with Crippen LogP contribution in [-0.4, -0.2) is 56.4 Å². The Morgan fingerprint density at radius 1 is 1.41 bits per heavy atom. The number of nitrogens with two attached hydrogens (primary N) is 1. The molecule has 2 unspecified atom stereocenters. The summed E-state index contributed by atoms with van der Waals surface area (Å²) >= 11 is 6.26. The van der Waals surface area contributed by atoms with Crippen molar-refractivity contribution in [1.82, 2.24) is 15.2 Å². The van der Waals surface area contributed by atoms with Gasteiger partial charge in [-0.05, 0) is 30.2 Å². The first-order valence-electron chi connectivity index (χ1n) is 8.11. The number of anilines is 2. The second-order valence-electron chi connectivity index (χ2n) is 6.32. The summed E-state index contributed by atoms with van der Waals surface area (Å²) in [6.45, 7) is 4.95. The molecule has 1 saturated heterocycles. The molecule has 1 aliphatic heterocycles. The minimum Gasteiger partial charge on any atom is -0.409 e. The van der Waals surface area contributed by atoms with Gasteiger partial charge in [0.1, 0.15) is 0 Å². The number of nitro benzene ring substituents is 1. The Hall–Kier alpha value is -3.08. The third-order valence-electron chi connectivity index (χ3n) is 4.47. The summed E-state index contributed by atoms with van der Waals surface area (Å²) in [6.07, 6.45) is 0. The fourth-order valence-electron chi connectivity index (χ4n) is 3.37. The highest BCUT2D eigenvalue weighted by Gasteiger charge is 2.35. The number of piperazine rings is 1. The zero-order valence-corrected chi connectivity index (χ0v) is 15.4. The number of halogens is 1. The SMILES string of the molecule is CC1CN(c2ccc([N+](=O)[O-])cc2Cl)CC(C)N1/C(=N/O)c1nonc1N. The van der Waals surface area contributed by atoms with Gasteiger partial charge in [0.15, 0.2) is 11.5 Å². The van der Waals surface area contributed by atoms with E-state index in [1.165, 1.54) is 12.1 Å². The highest BCUT2D eigenvalue weighted by atomic mass is 35.5. The van der Waals surface area contributed by atoms with E-state index < -0.39 is 4.92 Å². The third kappa shape index (κ3) is 3.45. The molecular weight excluding hydrogens is 378 g/mol. The minimum absolute atomic E-state index is 0.0306. The van der Waals surface area contributed by atoms with Crippen LogP contribution < -0.4 is 10.6 Å². The number of oxime groups is 1. The molecule has 144 valence electrons. The molecule has 0 amide bonds. The highest BCUT2D eigenvalue weighted by molar-refractivity contribution is 6.33. The predicted molar refractivity (Wildman–Crippen MR) is 98.1 cm³/mol. The number of hydrogen-bond donors (Lipinski definition) is 2. The maximum absolute atomic E-state index is 10.9. The van der Waals surface area contributed by atoms with Gasteiger partial charge in [0, 0.05) is 37.3 Å². The van der Waals surface area contributed by atoms with E-state index in [4.69, 9.17) is 17.3 Å². The van der Waals surface area contributed by atoms with Crippen molar-refractivity contribution in [2.45, 2.75) is 25.9 Å². The lowest BCUT2D eigenvalue weighted by molar-refractivity contribution is -0.384. The van der Waals surface area contributed by atoms with Crippen LogP contribution in [0.5, 0.6) is 0 Å². The number of aromatic nitrogens is 2. The number of nitro groups is 1. The lowest BCUT2D eigenvalue weighted by Crippen LogP contribution is -2.59. The Morgan fingerprint density at radius 2 is 2.07 bits per heavy atom. The van der Waals surface area contributed by atoms with Gasteiger partial charge in [-0.3, -0.25) is 10.1 Å². The molecule has 0 saturated carbocycles. The molecule has 11 nitrogen and oxygen atoms in total. The second-order valence-corrected chi connectivity index (χ2v) is 6.73. The topological polar surface area (TPSA) is 147 Å². The van der Waals surface area contributed by atoms with Gasteiger partial charge in [0.25, 0.3) is 5.69 Å². The summed E-state index contributed by atoms with van der Waals surface area (Å²) in [5.74, 6) is 0.200. The van der Waals surface area contributed by atoms with Crippen LogP contribution in [0, 0.1) is 10.1 Å². The summed E-state index contributed by atoms with van der Waals surface area (Å²) in [5.41, 5.74) is 6.52. The molecule has 0 radical (unpaired) electrons. The number of benzene rings is 1. The van der Waals surface area contributed by atoms with Crippen LogP contribution in [0.15, 0.2) is 28.0 Å². The van der Waals surface area contributed by atoms with Gasteiger partial charge in [0.2, 0.25) is 5.84 Å². The van der Waals surface area contributed by atoms with E-state index in [1.807, 2.05) is 23.6 Å². The maximum Gasteiger partial charge on any atom is 0.271 e. The molecule has 27 heavy (non-hydrogen) atoms. The fourth-order valence-corrected chi connectivity index (χ4v) is 3.67. The Morgan fingerprint density at radius 3 is 2.56 bits per heavy atom. The first kappa shape index (κ1) is 18.7. The molecule has 3 rings (SSSR count). The third-order valence-corrected chi connectivity index (χ3v) is 4.77. The van der Waals surface area contributed by atoms with Crippen LogP contribution in [0.1, 0.15) is 19.5 Å². The molecule has 0 spiro atoms. The predicted octanol–water partition coefficient (Wildman–Crippen LogP) is 1.95. The van der Waals surface area contributed by atoms with Crippen molar-refractivity contribution in [3.8, 4) is 0 Å². The average molecular weight is 396 g/mol. The number of nitrogen functional groups attached to an aromatic ring is 1. The maximum atomic E-state index is 10.9. The smallest absolute Gasteiger partial charge is 0.271 e. The quantitative estimate of drug-likeness (QED) is 0.261. The van der Waals surface area contributed by atoms with Gasteiger partial charge >= 0.3 is 0 Å². The standard InChI is InChI=1S/C15H18ClN7O4/c1-8-6-21(12-4-3-10(23(25)26)5-11(12)16)7-9(2)22(8)15(18-24)13-14(17)20-27-19-13/h3-5,8-9,24H,6-7H2,1-2H3,(H2,17,20)/b18-15+. The zero-order chi connectivity index (χ0) is 19.7. The number of nitrogens with zero attached hydrogens (tertiary/aromatic N) is 6. The number of non-ortho nitro benzene ring substituents is 1. The summed E-state index contributed by atoms with van der Waals surface area (Å²) < 4.78 is 4.60. The van der Waals surface area contributed by atoms with E-state index in [2.05, 4.69) is 20.1 Å². The second kappa shape index (κ2) is 7.27. The normalized spacial score (nSPS) is 20.8. The molecular formula is C15H18ClN7O4.